The van der Waals surface area contributed by atoms with Crippen LogP contribution in [0.2, 0.25) is 0 Å². The Kier molecular flexibility index (Phi) is 2.83. The highest BCUT2D eigenvalue weighted by Crippen LogP contribution is 2.41. The van der Waals surface area contributed by atoms with Crippen molar-refractivity contribution in [1.29, 1.82) is 0 Å². The number of carbonyl (C=O) groups excluding carboxylic acids is 1. The van der Waals surface area contributed by atoms with Gasteiger partial charge in [-0.15, -0.1) is 0 Å². The summed E-state index contributed by atoms with van der Waals surface area (Å²) in [7, 11) is 0. The maximum atomic E-state index is 11.9. The molecule has 1 saturated carbocycles. The normalized spacial score (nSPS) is 20.9. The maximum Gasteiger partial charge on any atom is 0.343 e. The Morgan fingerprint density at radius 1 is 1.48 bits per heavy atom. The van der Waals surface area contributed by atoms with Gasteiger partial charge in [0.2, 0.25) is 0 Å². The Labute approximate surface area is 122 Å². The second kappa shape index (κ2) is 4.72. The van der Waals surface area contributed by atoms with E-state index in [4.69, 9.17) is 9.47 Å². The molecular formula is C15H17N3O3. The van der Waals surface area contributed by atoms with Gasteiger partial charge in [-0.2, -0.15) is 5.10 Å². The topological polar surface area (TPSA) is 65.7 Å². The van der Waals surface area contributed by atoms with Crippen molar-refractivity contribution in [2.24, 2.45) is 11.8 Å². The van der Waals surface area contributed by atoms with E-state index < -0.39 is 0 Å². The molecule has 2 aromatic rings. The third-order valence-electron chi connectivity index (χ3n) is 4.23. The van der Waals surface area contributed by atoms with E-state index in [-0.39, 0.29) is 5.97 Å². The quantitative estimate of drug-likeness (QED) is 0.806. The molecule has 3 heterocycles. The summed E-state index contributed by atoms with van der Waals surface area (Å²) in [5.74, 6) is 1.74. The molecule has 0 spiro atoms. The van der Waals surface area contributed by atoms with Crippen LogP contribution < -0.4 is 4.74 Å². The van der Waals surface area contributed by atoms with Crippen LogP contribution in [0.4, 0.5) is 0 Å². The molecule has 1 aliphatic carbocycles. The van der Waals surface area contributed by atoms with Crippen molar-refractivity contribution in [3.63, 3.8) is 0 Å². The van der Waals surface area contributed by atoms with Gasteiger partial charge in [0.1, 0.15) is 5.56 Å². The van der Waals surface area contributed by atoms with Gasteiger partial charge in [-0.1, -0.05) is 0 Å². The van der Waals surface area contributed by atoms with Gasteiger partial charge in [-0.25, -0.2) is 14.3 Å². The van der Waals surface area contributed by atoms with E-state index >= 15 is 0 Å². The van der Waals surface area contributed by atoms with E-state index in [2.05, 4.69) is 10.1 Å². The zero-order chi connectivity index (χ0) is 14.4. The number of hydrogen-bond acceptors (Lipinski definition) is 5. The summed E-state index contributed by atoms with van der Waals surface area (Å²) in [5, 5.41) is 4.17. The van der Waals surface area contributed by atoms with Gasteiger partial charge < -0.3 is 9.47 Å². The Balaban J connectivity index is 1.72. The first-order valence-corrected chi connectivity index (χ1v) is 7.43. The number of carbonyl (C=O) groups is 1. The maximum absolute atomic E-state index is 11.9. The molecule has 1 atom stereocenters. The standard InChI is InChI=1S/C15H17N3O3/c1-2-20-15(19)11-6-16-18-7-13-12(17-14(11)18)5-10(8-21-13)9-3-4-9/h6-7,9-10H,2-5,8H2,1H3/t10-/m0/s1. The summed E-state index contributed by atoms with van der Waals surface area (Å²) < 4.78 is 12.5. The molecule has 0 bridgehead atoms. The van der Waals surface area contributed by atoms with E-state index in [0.717, 1.165) is 30.4 Å². The van der Waals surface area contributed by atoms with Gasteiger partial charge in [0.25, 0.3) is 0 Å². The molecule has 6 heteroatoms. The highest BCUT2D eigenvalue weighted by molar-refractivity contribution is 5.95. The van der Waals surface area contributed by atoms with Crippen LogP contribution in [0.15, 0.2) is 12.4 Å². The minimum atomic E-state index is -0.379. The van der Waals surface area contributed by atoms with E-state index in [1.807, 2.05) is 6.20 Å². The highest BCUT2D eigenvalue weighted by Gasteiger charge is 2.35. The van der Waals surface area contributed by atoms with E-state index in [9.17, 15) is 4.79 Å². The van der Waals surface area contributed by atoms with E-state index in [1.54, 1.807) is 11.4 Å². The van der Waals surface area contributed by atoms with Gasteiger partial charge in [-0.05, 0) is 32.1 Å². The number of hydrogen-bond donors (Lipinski definition) is 0. The number of aromatic nitrogens is 3. The molecule has 2 aromatic heterocycles. The van der Waals surface area contributed by atoms with Crippen LogP contribution in [0, 0.1) is 11.8 Å². The summed E-state index contributed by atoms with van der Waals surface area (Å²) >= 11 is 0. The first-order valence-electron chi connectivity index (χ1n) is 7.43. The lowest BCUT2D eigenvalue weighted by Crippen LogP contribution is -2.24. The van der Waals surface area contributed by atoms with Crippen molar-refractivity contribution in [2.45, 2.75) is 26.2 Å². The Morgan fingerprint density at radius 3 is 3.10 bits per heavy atom. The minimum Gasteiger partial charge on any atom is -0.490 e. The fourth-order valence-corrected chi connectivity index (χ4v) is 2.92. The predicted octanol–water partition coefficient (Wildman–Crippen LogP) is 1.87. The third-order valence-corrected chi connectivity index (χ3v) is 4.23. The van der Waals surface area contributed by atoms with Crippen molar-refractivity contribution < 1.29 is 14.3 Å². The average molecular weight is 287 g/mol. The summed E-state index contributed by atoms with van der Waals surface area (Å²) in [5.41, 5.74) is 1.89. The van der Waals surface area contributed by atoms with Crippen molar-refractivity contribution in [3.8, 4) is 5.75 Å². The Bertz CT molecular complexity index is 705. The number of rotatable bonds is 3. The van der Waals surface area contributed by atoms with Gasteiger partial charge in [0.15, 0.2) is 11.4 Å². The summed E-state index contributed by atoms with van der Waals surface area (Å²) in [4.78, 5) is 16.5. The van der Waals surface area contributed by atoms with E-state index in [0.29, 0.717) is 23.7 Å². The molecule has 4 rings (SSSR count). The molecule has 0 radical (unpaired) electrons. The first kappa shape index (κ1) is 12.6. The fraction of sp³-hybridized carbons (Fsp3) is 0.533. The van der Waals surface area contributed by atoms with Crippen LogP contribution in [0.5, 0.6) is 5.75 Å². The van der Waals surface area contributed by atoms with Gasteiger partial charge in [0.05, 0.1) is 31.3 Å². The molecule has 1 fully saturated rings. The fourth-order valence-electron chi connectivity index (χ4n) is 2.92. The predicted molar refractivity (Wildman–Crippen MR) is 74.4 cm³/mol. The van der Waals surface area contributed by atoms with Crippen molar-refractivity contribution in [3.05, 3.63) is 23.7 Å². The second-order valence-corrected chi connectivity index (χ2v) is 5.71. The van der Waals surface area contributed by atoms with Crippen LogP contribution in [-0.2, 0) is 11.2 Å². The lowest BCUT2D eigenvalue weighted by atomic mass is 9.96. The van der Waals surface area contributed by atoms with Crippen LogP contribution in [0.1, 0.15) is 35.8 Å². The minimum absolute atomic E-state index is 0.341. The van der Waals surface area contributed by atoms with Crippen molar-refractivity contribution in [2.75, 3.05) is 13.2 Å². The molecule has 0 unspecified atom stereocenters. The first-order chi connectivity index (χ1) is 10.3. The molecule has 0 aromatic carbocycles. The number of fused-ring (bicyclic) bond motifs is 2. The third kappa shape index (κ3) is 2.14. The molecule has 6 nitrogen and oxygen atoms in total. The van der Waals surface area contributed by atoms with Gasteiger partial charge in [0, 0.05) is 5.92 Å². The summed E-state index contributed by atoms with van der Waals surface area (Å²) in [6.07, 6.45) is 6.83. The number of ether oxygens (including phenoxy) is 2. The SMILES string of the molecule is CCOC(=O)c1cnn2cc3c(nc12)C[C@H](C1CC1)CO3. The van der Waals surface area contributed by atoms with Gasteiger partial charge in [-0.3, -0.25) is 0 Å². The molecule has 0 saturated heterocycles. The zero-order valence-corrected chi connectivity index (χ0v) is 11.9. The highest BCUT2D eigenvalue weighted by atomic mass is 16.5. The van der Waals surface area contributed by atoms with E-state index in [1.165, 1.54) is 19.0 Å². The van der Waals surface area contributed by atoms with Crippen LogP contribution in [0.3, 0.4) is 0 Å². The number of nitrogens with zero attached hydrogens (tertiary/aromatic N) is 3. The Morgan fingerprint density at radius 2 is 2.33 bits per heavy atom. The molecule has 21 heavy (non-hydrogen) atoms. The lowest BCUT2D eigenvalue weighted by molar-refractivity contribution is 0.0528. The second-order valence-electron chi connectivity index (χ2n) is 5.71. The molecule has 1 aliphatic heterocycles. The van der Waals surface area contributed by atoms with Crippen molar-refractivity contribution >= 4 is 11.6 Å². The molecule has 0 amide bonds. The van der Waals surface area contributed by atoms with Gasteiger partial charge >= 0.3 is 5.97 Å². The smallest absolute Gasteiger partial charge is 0.343 e. The number of esters is 1. The zero-order valence-electron chi connectivity index (χ0n) is 11.9. The molecule has 0 N–H and O–H groups in total. The monoisotopic (exact) mass is 287 g/mol. The average Bonchev–Trinajstić information content (AvgIpc) is 3.25. The van der Waals surface area contributed by atoms with Crippen LogP contribution in [-0.4, -0.2) is 33.8 Å². The van der Waals surface area contributed by atoms with Crippen LogP contribution in [0.25, 0.3) is 5.65 Å². The molecule has 110 valence electrons. The molecule has 2 aliphatic rings. The lowest BCUT2D eigenvalue weighted by Gasteiger charge is -2.24. The largest absolute Gasteiger partial charge is 0.490 e. The van der Waals surface area contributed by atoms with Crippen LogP contribution >= 0.6 is 0 Å². The summed E-state index contributed by atoms with van der Waals surface area (Å²) in [6.45, 7) is 2.89. The summed E-state index contributed by atoms with van der Waals surface area (Å²) in [6, 6.07) is 0. The molecular weight excluding hydrogens is 270 g/mol. The van der Waals surface area contributed by atoms with Crippen molar-refractivity contribution in [1.82, 2.24) is 14.6 Å². The Hall–Kier alpha value is -2.11.